The number of hydrogen-bond acceptors (Lipinski definition) is 2. The van der Waals surface area contributed by atoms with Crippen molar-refractivity contribution in [3.05, 3.63) is 59.2 Å². The van der Waals surface area contributed by atoms with Gasteiger partial charge in [0.25, 0.3) is 0 Å². The smallest absolute Gasteiger partial charge is 0.118 e. The van der Waals surface area contributed by atoms with Gasteiger partial charge in [-0.2, -0.15) is 0 Å². The van der Waals surface area contributed by atoms with Crippen LogP contribution in [-0.4, -0.2) is 10.2 Å². The number of benzene rings is 2. The lowest BCUT2D eigenvalue weighted by Crippen LogP contribution is -1.99. The highest BCUT2D eigenvalue weighted by molar-refractivity contribution is 5.42. The van der Waals surface area contributed by atoms with Crippen molar-refractivity contribution in [3.63, 3.8) is 0 Å². The number of phenols is 2. The Balaban J connectivity index is 2.42. The molecule has 18 heavy (non-hydrogen) atoms. The first-order chi connectivity index (χ1) is 8.61. The summed E-state index contributed by atoms with van der Waals surface area (Å²) in [6.07, 6.45) is 0.923. The maximum absolute atomic E-state index is 9.80. The van der Waals surface area contributed by atoms with Crippen LogP contribution in [0, 0.1) is 6.92 Å². The largest absolute Gasteiger partial charge is 0.508 e. The molecule has 0 saturated heterocycles. The molecule has 1 unspecified atom stereocenters. The fraction of sp³-hybridized carbons (Fsp3) is 0.250. The van der Waals surface area contributed by atoms with Gasteiger partial charge in [-0.25, -0.2) is 0 Å². The molecule has 0 radical (unpaired) electrons. The molecule has 2 nitrogen and oxygen atoms in total. The van der Waals surface area contributed by atoms with Crippen molar-refractivity contribution in [2.24, 2.45) is 0 Å². The molecule has 0 fully saturated rings. The monoisotopic (exact) mass is 242 g/mol. The number of aryl methyl sites for hydroxylation is 1. The van der Waals surface area contributed by atoms with Crippen LogP contribution in [0.2, 0.25) is 0 Å². The van der Waals surface area contributed by atoms with Crippen molar-refractivity contribution < 1.29 is 10.2 Å². The summed E-state index contributed by atoms with van der Waals surface area (Å²) in [6.45, 7) is 3.99. The molecule has 0 aliphatic heterocycles. The fourth-order valence-corrected chi connectivity index (χ4v) is 2.25. The summed E-state index contributed by atoms with van der Waals surface area (Å²) in [5, 5.41) is 19.4. The summed E-state index contributed by atoms with van der Waals surface area (Å²) in [7, 11) is 0. The van der Waals surface area contributed by atoms with Gasteiger partial charge in [0.15, 0.2) is 0 Å². The molecule has 0 aliphatic carbocycles. The Morgan fingerprint density at radius 1 is 1.00 bits per heavy atom. The predicted molar refractivity (Wildman–Crippen MR) is 73.1 cm³/mol. The van der Waals surface area contributed by atoms with Gasteiger partial charge in [0.1, 0.15) is 11.5 Å². The van der Waals surface area contributed by atoms with Gasteiger partial charge < -0.3 is 10.2 Å². The molecular formula is C16H18O2. The Labute approximate surface area is 108 Å². The molecule has 94 valence electrons. The lowest BCUT2D eigenvalue weighted by Gasteiger charge is -2.17. The van der Waals surface area contributed by atoms with Gasteiger partial charge in [-0.1, -0.05) is 31.2 Å². The third-order valence-electron chi connectivity index (χ3n) is 3.32. The van der Waals surface area contributed by atoms with Crippen molar-refractivity contribution >= 4 is 0 Å². The van der Waals surface area contributed by atoms with E-state index >= 15 is 0 Å². The molecule has 1 atom stereocenters. The second kappa shape index (κ2) is 5.13. The van der Waals surface area contributed by atoms with Crippen LogP contribution in [0.15, 0.2) is 42.5 Å². The van der Waals surface area contributed by atoms with Crippen molar-refractivity contribution in [1.29, 1.82) is 0 Å². The van der Waals surface area contributed by atoms with Crippen molar-refractivity contribution in [1.82, 2.24) is 0 Å². The van der Waals surface area contributed by atoms with Crippen LogP contribution in [0.3, 0.4) is 0 Å². The zero-order valence-electron chi connectivity index (χ0n) is 10.7. The van der Waals surface area contributed by atoms with Crippen LogP contribution < -0.4 is 0 Å². The van der Waals surface area contributed by atoms with Gasteiger partial charge in [0.2, 0.25) is 0 Å². The summed E-state index contributed by atoms with van der Waals surface area (Å²) < 4.78 is 0. The highest BCUT2D eigenvalue weighted by Crippen LogP contribution is 2.32. The van der Waals surface area contributed by atoms with E-state index in [1.54, 1.807) is 12.1 Å². The third-order valence-corrected chi connectivity index (χ3v) is 3.32. The lowest BCUT2D eigenvalue weighted by atomic mass is 9.88. The number of aromatic hydroxyl groups is 2. The maximum atomic E-state index is 9.80. The fourth-order valence-electron chi connectivity index (χ4n) is 2.25. The molecule has 2 aromatic rings. The molecule has 0 aliphatic rings. The van der Waals surface area contributed by atoms with Crippen molar-refractivity contribution in [2.45, 2.75) is 26.2 Å². The molecule has 0 aromatic heterocycles. The Hall–Kier alpha value is -1.96. The highest BCUT2D eigenvalue weighted by atomic mass is 16.3. The van der Waals surface area contributed by atoms with Crippen molar-refractivity contribution in [2.75, 3.05) is 0 Å². The predicted octanol–water partition coefficient (Wildman–Crippen LogP) is 3.95. The number of phenolic OH excluding ortho intramolecular Hbond substituents is 2. The Morgan fingerprint density at radius 2 is 1.72 bits per heavy atom. The summed E-state index contributed by atoms with van der Waals surface area (Å²) in [4.78, 5) is 0. The Kier molecular flexibility index (Phi) is 3.56. The molecular weight excluding hydrogens is 224 g/mol. The van der Waals surface area contributed by atoms with E-state index in [0.29, 0.717) is 5.75 Å². The Morgan fingerprint density at radius 3 is 2.33 bits per heavy atom. The van der Waals surface area contributed by atoms with E-state index < -0.39 is 0 Å². The van der Waals surface area contributed by atoms with Gasteiger partial charge in [0, 0.05) is 5.92 Å². The van der Waals surface area contributed by atoms with E-state index in [4.69, 9.17) is 0 Å². The summed E-state index contributed by atoms with van der Waals surface area (Å²) >= 11 is 0. The van der Waals surface area contributed by atoms with Gasteiger partial charge in [-0.15, -0.1) is 0 Å². The highest BCUT2D eigenvalue weighted by Gasteiger charge is 2.13. The standard InChI is InChI=1S/C16H18O2/c1-3-15(12-5-4-6-14(17)9-12)13-8-7-11(2)16(18)10-13/h4-10,15,17-18H,3H2,1-2H3. The summed E-state index contributed by atoms with van der Waals surface area (Å²) in [5.74, 6) is 0.803. The molecule has 2 aromatic carbocycles. The van der Waals surface area contributed by atoms with Crippen LogP contribution in [0.1, 0.15) is 36.0 Å². The average Bonchev–Trinajstić information content (AvgIpc) is 2.35. The van der Waals surface area contributed by atoms with Gasteiger partial charge in [0.05, 0.1) is 0 Å². The van der Waals surface area contributed by atoms with Crippen LogP contribution in [0.5, 0.6) is 11.5 Å². The quantitative estimate of drug-likeness (QED) is 0.855. The van der Waals surface area contributed by atoms with Gasteiger partial charge >= 0.3 is 0 Å². The minimum absolute atomic E-state index is 0.198. The van der Waals surface area contributed by atoms with Gasteiger partial charge in [-0.05, 0) is 48.2 Å². The first-order valence-electron chi connectivity index (χ1n) is 6.20. The van der Waals surface area contributed by atoms with E-state index in [0.717, 1.165) is 23.1 Å². The van der Waals surface area contributed by atoms with Crippen LogP contribution >= 0.6 is 0 Å². The SMILES string of the molecule is CCC(c1cccc(O)c1)c1ccc(C)c(O)c1. The second-order valence-corrected chi connectivity index (χ2v) is 4.60. The van der Waals surface area contributed by atoms with Crippen LogP contribution in [0.4, 0.5) is 0 Å². The van der Waals surface area contributed by atoms with E-state index in [2.05, 4.69) is 6.92 Å². The molecule has 0 saturated carbocycles. The number of hydrogen-bond donors (Lipinski definition) is 2. The second-order valence-electron chi connectivity index (χ2n) is 4.60. The first kappa shape index (κ1) is 12.5. The van der Waals surface area contributed by atoms with E-state index in [1.807, 2.05) is 37.3 Å². The van der Waals surface area contributed by atoms with Crippen LogP contribution in [-0.2, 0) is 0 Å². The molecule has 0 bridgehead atoms. The minimum Gasteiger partial charge on any atom is -0.508 e. The zero-order valence-corrected chi connectivity index (χ0v) is 10.7. The van der Waals surface area contributed by atoms with Crippen LogP contribution in [0.25, 0.3) is 0 Å². The minimum atomic E-state index is 0.198. The van der Waals surface area contributed by atoms with Crippen molar-refractivity contribution in [3.8, 4) is 11.5 Å². The average molecular weight is 242 g/mol. The first-order valence-corrected chi connectivity index (χ1v) is 6.20. The molecule has 2 heteroatoms. The van der Waals surface area contributed by atoms with Gasteiger partial charge in [-0.3, -0.25) is 0 Å². The third kappa shape index (κ3) is 2.48. The molecule has 0 spiro atoms. The number of rotatable bonds is 3. The normalized spacial score (nSPS) is 12.3. The maximum Gasteiger partial charge on any atom is 0.118 e. The molecule has 0 heterocycles. The summed E-state index contributed by atoms with van der Waals surface area (Å²) in [5.41, 5.74) is 3.02. The van der Waals surface area contributed by atoms with E-state index in [1.165, 1.54) is 0 Å². The molecule has 2 N–H and O–H groups in total. The zero-order chi connectivity index (χ0) is 13.1. The Bertz CT molecular complexity index is 547. The topological polar surface area (TPSA) is 40.5 Å². The summed E-state index contributed by atoms with van der Waals surface area (Å²) in [6, 6.07) is 13.1. The van der Waals surface area contributed by atoms with E-state index in [-0.39, 0.29) is 11.7 Å². The lowest BCUT2D eigenvalue weighted by molar-refractivity contribution is 0.469. The van der Waals surface area contributed by atoms with E-state index in [9.17, 15) is 10.2 Å². The molecule has 2 rings (SSSR count). The molecule has 0 amide bonds.